The van der Waals surface area contributed by atoms with Crippen molar-refractivity contribution in [3.05, 3.63) is 65.0 Å². The van der Waals surface area contributed by atoms with Gasteiger partial charge in [0.1, 0.15) is 11.4 Å². The maximum atomic E-state index is 13.6. The average molecular weight is 271 g/mol. The largest absolute Gasteiger partial charge is 0.379 e. The Hall–Kier alpha value is -1.95. The Morgan fingerprint density at radius 2 is 1.68 bits per heavy atom. The third-order valence-electron chi connectivity index (χ3n) is 2.79. The van der Waals surface area contributed by atoms with E-state index in [2.05, 4.69) is 4.98 Å². The van der Waals surface area contributed by atoms with Gasteiger partial charge in [-0.1, -0.05) is 0 Å². The summed E-state index contributed by atoms with van der Waals surface area (Å²) in [6.07, 6.45) is 0.835. The van der Waals surface area contributed by atoms with E-state index in [9.17, 15) is 22.7 Å². The number of halogens is 4. The highest BCUT2D eigenvalue weighted by atomic mass is 19.2. The smallest absolute Gasteiger partial charge is 0.194 e. The Morgan fingerprint density at radius 3 is 2.26 bits per heavy atom. The minimum Gasteiger partial charge on any atom is -0.379 e. The van der Waals surface area contributed by atoms with Crippen LogP contribution in [0.5, 0.6) is 0 Å². The molecule has 0 radical (unpaired) electrons. The normalized spacial score (nSPS) is 14.2. The molecule has 2 nitrogen and oxygen atoms in total. The van der Waals surface area contributed by atoms with Gasteiger partial charge in [-0.2, -0.15) is 0 Å². The predicted molar refractivity (Wildman–Crippen MR) is 59.2 cm³/mol. The number of aliphatic hydroxyl groups is 1. The number of pyridine rings is 1. The van der Waals surface area contributed by atoms with Gasteiger partial charge in [0, 0.05) is 5.56 Å². The summed E-state index contributed by atoms with van der Waals surface area (Å²) in [6.45, 7) is 1.16. The third-order valence-corrected chi connectivity index (χ3v) is 2.79. The molecule has 1 atom stereocenters. The van der Waals surface area contributed by atoms with E-state index >= 15 is 0 Å². The highest BCUT2D eigenvalue weighted by molar-refractivity contribution is 5.33. The van der Waals surface area contributed by atoms with Crippen LogP contribution >= 0.6 is 0 Å². The summed E-state index contributed by atoms with van der Waals surface area (Å²) in [6, 6.07) is 3.77. The van der Waals surface area contributed by atoms with Crippen molar-refractivity contribution < 1.29 is 22.7 Å². The van der Waals surface area contributed by atoms with E-state index in [-0.39, 0.29) is 5.69 Å². The van der Waals surface area contributed by atoms with Gasteiger partial charge in [-0.15, -0.1) is 0 Å². The SMILES string of the molecule is CC(O)(c1ccc(F)cn1)c1ccc(F)c(F)c1F. The standard InChI is InChI=1S/C13H9F4NO/c1-13(19,10-5-2-7(14)6-18-10)8-3-4-9(15)12(17)11(8)16/h2-6,19H,1H3. The zero-order valence-corrected chi connectivity index (χ0v) is 9.79. The van der Waals surface area contributed by atoms with Crippen LogP contribution < -0.4 is 0 Å². The van der Waals surface area contributed by atoms with Crippen LogP contribution in [0.15, 0.2) is 30.5 Å². The molecule has 100 valence electrons. The van der Waals surface area contributed by atoms with Gasteiger partial charge in [0.2, 0.25) is 0 Å². The summed E-state index contributed by atoms with van der Waals surface area (Å²) in [5.74, 6) is -5.18. The fraction of sp³-hybridized carbons (Fsp3) is 0.154. The molecule has 0 aliphatic heterocycles. The summed E-state index contributed by atoms with van der Waals surface area (Å²) in [7, 11) is 0. The maximum Gasteiger partial charge on any atom is 0.194 e. The van der Waals surface area contributed by atoms with Gasteiger partial charge < -0.3 is 5.11 Å². The van der Waals surface area contributed by atoms with Crippen molar-refractivity contribution in [2.75, 3.05) is 0 Å². The van der Waals surface area contributed by atoms with Gasteiger partial charge in [0.05, 0.1) is 11.9 Å². The lowest BCUT2D eigenvalue weighted by Crippen LogP contribution is -2.26. The van der Waals surface area contributed by atoms with Gasteiger partial charge in [-0.05, 0) is 31.2 Å². The summed E-state index contributed by atoms with van der Waals surface area (Å²) >= 11 is 0. The van der Waals surface area contributed by atoms with Crippen LogP contribution in [0.2, 0.25) is 0 Å². The van der Waals surface area contributed by atoms with Crippen LogP contribution in [-0.4, -0.2) is 10.1 Å². The highest BCUT2D eigenvalue weighted by Gasteiger charge is 2.32. The summed E-state index contributed by atoms with van der Waals surface area (Å²) < 4.78 is 52.4. The molecule has 0 aliphatic rings. The number of nitrogens with zero attached hydrogens (tertiary/aromatic N) is 1. The first-order valence-corrected chi connectivity index (χ1v) is 5.32. The van der Waals surface area contributed by atoms with Crippen LogP contribution in [0, 0.1) is 23.3 Å². The minimum absolute atomic E-state index is 0.0844. The molecule has 0 fully saturated rings. The van der Waals surface area contributed by atoms with Crippen molar-refractivity contribution in [2.45, 2.75) is 12.5 Å². The van der Waals surface area contributed by atoms with Crippen molar-refractivity contribution in [3.8, 4) is 0 Å². The van der Waals surface area contributed by atoms with Gasteiger partial charge >= 0.3 is 0 Å². The van der Waals surface area contributed by atoms with Gasteiger partial charge in [-0.3, -0.25) is 4.98 Å². The van der Waals surface area contributed by atoms with Crippen molar-refractivity contribution in [2.24, 2.45) is 0 Å². The topological polar surface area (TPSA) is 33.1 Å². The molecule has 0 aliphatic carbocycles. The molecule has 1 unspecified atom stereocenters. The molecule has 19 heavy (non-hydrogen) atoms. The number of rotatable bonds is 2. The monoisotopic (exact) mass is 271 g/mol. The minimum atomic E-state index is -2.01. The molecule has 0 saturated carbocycles. The Balaban J connectivity index is 2.56. The fourth-order valence-corrected chi connectivity index (χ4v) is 1.70. The molecule has 1 aromatic heterocycles. The number of hydrogen-bond donors (Lipinski definition) is 1. The Morgan fingerprint density at radius 1 is 1.00 bits per heavy atom. The number of hydrogen-bond acceptors (Lipinski definition) is 2. The Bertz CT molecular complexity index is 611. The van der Waals surface area contributed by atoms with E-state index in [0.717, 1.165) is 31.3 Å². The second-order valence-corrected chi connectivity index (χ2v) is 4.16. The maximum absolute atomic E-state index is 13.6. The number of aromatic nitrogens is 1. The molecule has 6 heteroatoms. The summed E-state index contributed by atoms with van der Waals surface area (Å²) in [5, 5.41) is 10.2. The van der Waals surface area contributed by atoms with Gasteiger partial charge in [-0.25, -0.2) is 17.6 Å². The molecule has 0 amide bonds. The van der Waals surface area contributed by atoms with Crippen molar-refractivity contribution in [1.29, 1.82) is 0 Å². The molecule has 1 aromatic carbocycles. The van der Waals surface area contributed by atoms with Crippen LogP contribution in [0.4, 0.5) is 17.6 Å². The van der Waals surface area contributed by atoms with Crippen LogP contribution in [0.3, 0.4) is 0 Å². The molecule has 0 spiro atoms. The molecule has 0 bridgehead atoms. The quantitative estimate of drug-likeness (QED) is 0.673. The first-order valence-electron chi connectivity index (χ1n) is 5.32. The lowest BCUT2D eigenvalue weighted by Gasteiger charge is -2.23. The van der Waals surface area contributed by atoms with Gasteiger partial charge in [0.25, 0.3) is 0 Å². The van der Waals surface area contributed by atoms with E-state index in [1.165, 1.54) is 0 Å². The predicted octanol–water partition coefficient (Wildman–Crippen LogP) is 2.89. The molecule has 2 aromatic rings. The van der Waals surface area contributed by atoms with E-state index < -0.39 is 34.4 Å². The van der Waals surface area contributed by atoms with Gasteiger partial charge in [0.15, 0.2) is 17.5 Å². The highest BCUT2D eigenvalue weighted by Crippen LogP contribution is 2.31. The molecule has 1 N–H and O–H groups in total. The lowest BCUT2D eigenvalue weighted by molar-refractivity contribution is 0.0918. The second kappa shape index (κ2) is 4.62. The first-order chi connectivity index (χ1) is 8.84. The fourth-order valence-electron chi connectivity index (χ4n) is 1.70. The lowest BCUT2D eigenvalue weighted by atomic mass is 9.91. The molecular weight excluding hydrogens is 262 g/mol. The molecule has 1 heterocycles. The Kier molecular flexibility index (Phi) is 3.28. The van der Waals surface area contributed by atoms with E-state index in [0.29, 0.717) is 6.07 Å². The van der Waals surface area contributed by atoms with Crippen LogP contribution in [0.25, 0.3) is 0 Å². The average Bonchev–Trinajstić information content (AvgIpc) is 2.36. The second-order valence-electron chi connectivity index (χ2n) is 4.16. The molecule has 0 saturated heterocycles. The summed E-state index contributed by atoms with van der Waals surface area (Å²) in [4.78, 5) is 3.61. The zero-order valence-electron chi connectivity index (χ0n) is 9.79. The first kappa shape index (κ1) is 13.5. The third kappa shape index (κ3) is 2.31. The van der Waals surface area contributed by atoms with E-state index in [4.69, 9.17) is 0 Å². The van der Waals surface area contributed by atoms with E-state index in [1.807, 2.05) is 0 Å². The number of benzene rings is 1. The van der Waals surface area contributed by atoms with Crippen molar-refractivity contribution in [1.82, 2.24) is 4.98 Å². The van der Waals surface area contributed by atoms with Crippen molar-refractivity contribution >= 4 is 0 Å². The van der Waals surface area contributed by atoms with Crippen LogP contribution in [0.1, 0.15) is 18.2 Å². The van der Waals surface area contributed by atoms with Crippen molar-refractivity contribution in [3.63, 3.8) is 0 Å². The summed E-state index contributed by atoms with van der Waals surface area (Å²) in [5.41, 5.74) is -2.57. The zero-order chi connectivity index (χ0) is 14.2. The molecular formula is C13H9F4NO. The van der Waals surface area contributed by atoms with E-state index in [1.54, 1.807) is 0 Å². The Labute approximate surface area is 106 Å². The van der Waals surface area contributed by atoms with Crippen LogP contribution in [-0.2, 0) is 5.60 Å². The molecule has 2 rings (SSSR count).